The number of hydrogen-bond donors (Lipinski definition) is 1. The standard InChI is InChI=1S/C13H12O/c1-9(2)11-7-3-5-10-6-4-8-12(14)13(10)11/h3-8,14H,1H2,2H3. The maximum absolute atomic E-state index is 9.76. The number of allylic oxidation sites excluding steroid dienone is 1. The average molecular weight is 184 g/mol. The van der Waals surface area contributed by atoms with E-state index in [0.717, 1.165) is 21.9 Å². The van der Waals surface area contributed by atoms with Crippen LogP contribution in [0.25, 0.3) is 16.3 Å². The zero-order valence-electron chi connectivity index (χ0n) is 8.12. The Morgan fingerprint density at radius 3 is 2.43 bits per heavy atom. The van der Waals surface area contributed by atoms with Crippen molar-refractivity contribution in [3.8, 4) is 5.75 Å². The van der Waals surface area contributed by atoms with Crippen LogP contribution in [0, 0.1) is 0 Å². The molecule has 0 fully saturated rings. The van der Waals surface area contributed by atoms with Gasteiger partial charge in [-0.2, -0.15) is 0 Å². The highest BCUT2D eigenvalue weighted by atomic mass is 16.3. The first-order chi connectivity index (χ1) is 6.70. The molecule has 0 aromatic heterocycles. The van der Waals surface area contributed by atoms with Gasteiger partial charge in [0.05, 0.1) is 0 Å². The van der Waals surface area contributed by atoms with Crippen molar-refractivity contribution in [1.82, 2.24) is 0 Å². The van der Waals surface area contributed by atoms with E-state index >= 15 is 0 Å². The molecule has 0 heterocycles. The normalized spacial score (nSPS) is 10.4. The second-order valence-corrected chi connectivity index (χ2v) is 3.46. The first-order valence-corrected chi connectivity index (χ1v) is 4.57. The van der Waals surface area contributed by atoms with Crippen molar-refractivity contribution in [2.75, 3.05) is 0 Å². The van der Waals surface area contributed by atoms with Gasteiger partial charge in [0.25, 0.3) is 0 Å². The third kappa shape index (κ3) is 1.27. The van der Waals surface area contributed by atoms with Crippen LogP contribution in [0.3, 0.4) is 0 Å². The highest BCUT2D eigenvalue weighted by molar-refractivity contribution is 5.97. The Bertz CT molecular complexity index is 492. The topological polar surface area (TPSA) is 20.2 Å². The van der Waals surface area contributed by atoms with E-state index in [1.807, 2.05) is 37.3 Å². The fourth-order valence-corrected chi connectivity index (χ4v) is 1.68. The number of hydrogen-bond acceptors (Lipinski definition) is 1. The van der Waals surface area contributed by atoms with E-state index in [-0.39, 0.29) is 0 Å². The smallest absolute Gasteiger partial charge is 0.124 e. The summed E-state index contributed by atoms with van der Waals surface area (Å²) in [5.74, 6) is 0.320. The molecule has 0 saturated heterocycles. The molecule has 2 rings (SSSR count). The van der Waals surface area contributed by atoms with Gasteiger partial charge < -0.3 is 5.11 Å². The molecule has 1 heteroatoms. The number of benzene rings is 2. The van der Waals surface area contributed by atoms with E-state index in [1.165, 1.54) is 0 Å². The van der Waals surface area contributed by atoms with Crippen molar-refractivity contribution >= 4 is 16.3 Å². The molecule has 1 N–H and O–H groups in total. The van der Waals surface area contributed by atoms with Crippen molar-refractivity contribution in [1.29, 1.82) is 0 Å². The monoisotopic (exact) mass is 184 g/mol. The Morgan fingerprint density at radius 1 is 1.14 bits per heavy atom. The lowest BCUT2D eigenvalue weighted by atomic mass is 9.99. The van der Waals surface area contributed by atoms with E-state index < -0.39 is 0 Å². The van der Waals surface area contributed by atoms with Crippen molar-refractivity contribution < 1.29 is 5.11 Å². The molecule has 0 bridgehead atoms. The van der Waals surface area contributed by atoms with E-state index in [9.17, 15) is 5.11 Å². The number of fused-ring (bicyclic) bond motifs is 1. The van der Waals surface area contributed by atoms with Crippen molar-refractivity contribution in [2.24, 2.45) is 0 Å². The van der Waals surface area contributed by atoms with Crippen LogP contribution in [-0.2, 0) is 0 Å². The molecule has 0 radical (unpaired) electrons. The van der Waals surface area contributed by atoms with Gasteiger partial charge in [-0.05, 0) is 23.9 Å². The van der Waals surface area contributed by atoms with E-state index in [2.05, 4.69) is 6.58 Å². The maximum Gasteiger partial charge on any atom is 0.124 e. The zero-order chi connectivity index (χ0) is 10.1. The second kappa shape index (κ2) is 3.18. The summed E-state index contributed by atoms with van der Waals surface area (Å²) in [7, 11) is 0. The molecule has 0 amide bonds. The van der Waals surface area contributed by atoms with Gasteiger partial charge in [0.2, 0.25) is 0 Å². The average Bonchev–Trinajstić information content (AvgIpc) is 2.17. The Hall–Kier alpha value is -1.76. The third-order valence-corrected chi connectivity index (χ3v) is 2.34. The van der Waals surface area contributed by atoms with Gasteiger partial charge in [-0.1, -0.05) is 42.5 Å². The summed E-state index contributed by atoms with van der Waals surface area (Å²) in [6, 6.07) is 11.5. The number of rotatable bonds is 1. The molecular weight excluding hydrogens is 172 g/mol. The summed E-state index contributed by atoms with van der Waals surface area (Å²) in [6.07, 6.45) is 0. The van der Waals surface area contributed by atoms with Gasteiger partial charge in [0.1, 0.15) is 5.75 Å². The Labute approximate surface area is 83.3 Å². The number of phenols is 1. The Kier molecular flexibility index (Phi) is 2.01. The van der Waals surface area contributed by atoms with Gasteiger partial charge in [0.15, 0.2) is 0 Å². The van der Waals surface area contributed by atoms with E-state index in [4.69, 9.17) is 0 Å². The fourth-order valence-electron chi connectivity index (χ4n) is 1.68. The predicted octanol–water partition coefficient (Wildman–Crippen LogP) is 3.58. The maximum atomic E-state index is 9.76. The quantitative estimate of drug-likeness (QED) is 0.718. The zero-order valence-corrected chi connectivity index (χ0v) is 8.12. The molecule has 0 aliphatic heterocycles. The lowest BCUT2D eigenvalue weighted by Crippen LogP contribution is -1.82. The minimum Gasteiger partial charge on any atom is -0.507 e. The van der Waals surface area contributed by atoms with Crippen LogP contribution in [0.2, 0.25) is 0 Å². The van der Waals surface area contributed by atoms with Crippen LogP contribution in [0.5, 0.6) is 5.75 Å². The molecule has 0 unspecified atom stereocenters. The van der Waals surface area contributed by atoms with Gasteiger partial charge in [-0.15, -0.1) is 0 Å². The molecule has 0 aliphatic rings. The molecule has 70 valence electrons. The summed E-state index contributed by atoms with van der Waals surface area (Å²) in [6.45, 7) is 5.85. The molecule has 14 heavy (non-hydrogen) atoms. The van der Waals surface area contributed by atoms with Crippen molar-refractivity contribution in [3.63, 3.8) is 0 Å². The number of phenolic OH excluding ortho intramolecular Hbond substituents is 1. The Morgan fingerprint density at radius 2 is 1.79 bits per heavy atom. The van der Waals surface area contributed by atoms with Gasteiger partial charge in [-0.25, -0.2) is 0 Å². The number of aromatic hydroxyl groups is 1. The Balaban J connectivity index is 2.91. The van der Waals surface area contributed by atoms with Crippen molar-refractivity contribution in [3.05, 3.63) is 48.5 Å². The van der Waals surface area contributed by atoms with Crippen LogP contribution in [-0.4, -0.2) is 5.11 Å². The summed E-state index contributed by atoms with van der Waals surface area (Å²) in [5, 5.41) is 11.7. The summed E-state index contributed by atoms with van der Waals surface area (Å²) in [5.41, 5.74) is 1.98. The lowest BCUT2D eigenvalue weighted by Gasteiger charge is -2.07. The molecule has 0 aliphatic carbocycles. The molecule has 0 saturated carbocycles. The van der Waals surface area contributed by atoms with E-state index in [0.29, 0.717) is 5.75 Å². The van der Waals surface area contributed by atoms with E-state index in [1.54, 1.807) is 6.07 Å². The van der Waals surface area contributed by atoms with Crippen molar-refractivity contribution in [2.45, 2.75) is 6.92 Å². The summed E-state index contributed by atoms with van der Waals surface area (Å²) >= 11 is 0. The van der Waals surface area contributed by atoms with Crippen LogP contribution in [0.15, 0.2) is 43.0 Å². The molecule has 1 nitrogen and oxygen atoms in total. The predicted molar refractivity (Wildman–Crippen MR) is 60.3 cm³/mol. The van der Waals surface area contributed by atoms with Gasteiger partial charge in [-0.3, -0.25) is 0 Å². The highest BCUT2D eigenvalue weighted by Crippen LogP contribution is 2.30. The van der Waals surface area contributed by atoms with Crippen LogP contribution in [0.1, 0.15) is 12.5 Å². The van der Waals surface area contributed by atoms with Crippen LogP contribution in [0.4, 0.5) is 0 Å². The van der Waals surface area contributed by atoms with Gasteiger partial charge >= 0.3 is 0 Å². The van der Waals surface area contributed by atoms with Gasteiger partial charge in [0, 0.05) is 5.39 Å². The minimum atomic E-state index is 0.320. The highest BCUT2D eigenvalue weighted by Gasteiger charge is 2.04. The molecule has 2 aromatic carbocycles. The lowest BCUT2D eigenvalue weighted by molar-refractivity contribution is 0.481. The molecule has 0 spiro atoms. The third-order valence-electron chi connectivity index (χ3n) is 2.34. The first-order valence-electron chi connectivity index (χ1n) is 4.57. The van der Waals surface area contributed by atoms with Crippen LogP contribution >= 0.6 is 0 Å². The van der Waals surface area contributed by atoms with Crippen LogP contribution < -0.4 is 0 Å². The molecule has 0 atom stereocenters. The summed E-state index contributed by atoms with van der Waals surface area (Å²) in [4.78, 5) is 0. The first kappa shape index (κ1) is 8.82. The molecular formula is C13H12O. The molecule has 2 aromatic rings. The second-order valence-electron chi connectivity index (χ2n) is 3.46. The summed E-state index contributed by atoms with van der Waals surface area (Å²) < 4.78 is 0. The fraction of sp³-hybridized carbons (Fsp3) is 0.0769. The largest absolute Gasteiger partial charge is 0.507 e. The minimum absolute atomic E-state index is 0.320. The SMILES string of the molecule is C=C(C)c1cccc2cccc(O)c12.